The van der Waals surface area contributed by atoms with Crippen molar-refractivity contribution in [2.75, 3.05) is 18.1 Å². The molecule has 0 aromatic carbocycles. The molecule has 102 valence electrons. The molecule has 0 saturated carbocycles. The molecular formula is C13H23N3O2. The van der Waals surface area contributed by atoms with Gasteiger partial charge in [-0.2, -0.15) is 0 Å². The lowest BCUT2D eigenvalue weighted by atomic mass is 10.1. The van der Waals surface area contributed by atoms with E-state index in [0.29, 0.717) is 30.6 Å². The monoisotopic (exact) mass is 253 g/mol. The maximum atomic E-state index is 11.6. The smallest absolute Gasteiger partial charge is 0.252 e. The molecule has 0 fully saturated rings. The first-order valence-corrected chi connectivity index (χ1v) is 6.63. The lowest BCUT2D eigenvalue weighted by molar-refractivity contribution is 0.295. The Hall–Kier alpha value is -1.36. The molecule has 0 amide bonds. The van der Waals surface area contributed by atoms with Gasteiger partial charge in [0.25, 0.3) is 5.56 Å². The summed E-state index contributed by atoms with van der Waals surface area (Å²) in [6, 6.07) is 1.81. The second-order valence-corrected chi connectivity index (χ2v) is 4.29. The van der Waals surface area contributed by atoms with Crippen LogP contribution in [0.1, 0.15) is 39.4 Å². The Kier molecular flexibility index (Phi) is 5.85. The van der Waals surface area contributed by atoms with Crippen LogP contribution in [0.3, 0.4) is 0 Å². The molecule has 2 N–H and O–H groups in total. The highest BCUT2D eigenvalue weighted by molar-refractivity contribution is 5.39. The molecule has 0 aliphatic heterocycles. The molecule has 1 aromatic rings. The number of aryl methyl sites for hydroxylation is 1. The summed E-state index contributed by atoms with van der Waals surface area (Å²) in [4.78, 5) is 20.8. The van der Waals surface area contributed by atoms with Crippen LogP contribution < -0.4 is 10.5 Å². The topological polar surface area (TPSA) is 69.2 Å². The van der Waals surface area contributed by atoms with Crippen LogP contribution in [0.4, 0.5) is 5.82 Å². The summed E-state index contributed by atoms with van der Waals surface area (Å²) in [5.74, 6) is 1.35. The van der Waals surface area contributed by atoms with Gasteiger partial charge in [-0.05, 0) is 12.8 Å². The Labute approximate surface area is 108 Å². The number of aromatic nitrogens is 2. The number of rotatable bonds is 7. The fraction of sp³-hybridized carbons (Fsp3) is 0.692. The van der Waals surface area contributed by atoms with Crippen molar-refractivity contribution in [3.8, 4) is 0 Å². The first-order valence-electron chi connectivity index (χ1n) is 6.63. The zero-order valence-electron chi connectivity index (χ0n) is 11.4. The van der Waals surface area contributed by atoms with E-state index < -0.39 is 0 Å². The SMILES string of the molecule is CCc1nc(N(CCO)C(CC)CC)cc(=O)[nH]1. The molecule has 0 aliphatic carbocycles. The fourth-order valence-electron chi connectivity index (χ4n) is 2.13. The van der Waals surface area contributed by atoms with E-state index in [9.17, 15) is 9.90 Å². The van der Waals surface area contributed by atoms with Crippen molar-refractivity contribution in [1.82, 2.24) is 9.97 Å². The van der Waals surface area contributed by atoms with E-state index in [0.717, 1.165) is 12.8 Å². The molecule has 0 saturated heterocycles. The standard InChI is InChI=1S/C13H23N3O2/c1-4-10(5-2)16(7-8-17)12-9-13(18)15-11(6-3)14-12/h9-10,17H,4-8H2,1-3H3,(H,14,15,18). The van der Waals surface area contributed by atoms with Crippen molar-refractivity contribution in [1.29, 1.82) is 0 Å². The second kappa shape index (κ2) is 7.16. The van der Waals surface area contributed by atoms with E-state index in [4.69, 9.17) is 0 Å². The summed E-state index contributed by atoms with van der Waals surface area (Å²) in [6.07, 6.45) is 2.62. The maximum Gasteiger partial charge on any atom is 0.252 e. The van der Waals surface area contributed by atoms with Crippen molar-refractivity contribution in [2.45, 2.75) is 46.1 Å². The minimum Gasteiger partial charge on any atom is -0.395 e. The largest absolute Gasteiger partial charge is 0.395 e. The van der Waals surface area contributed by atoms with Gasteiger partial charge in [0.2, 0.25) is 0 Å². The molecule has 0 radical (unpaired) electrons. The van der Waals surface area contributed by atoms with E-state index in [1.54, 1.807) is 0 Å². The lowest BCUT2D eigenvalue weighted by Crippen LogP contribution is -2.38. The Bertz CT molecular complexity index is 413. The van der Waals surface area contributed by atoms with Crippen molar-refractivity contribution < 1.29 is 5.11 Å². The number of aromatic amines is 1. The van der Waals surface area contributed by atoms with Gasteiger partial charge in [0.05, 0.1) is 6.61 Å². The molecule has 0 unspecified atom stereocenters. The molecular weight excluding hydrogens is 230 g/mol. The lowest BCUT2D eigenvalue weighted by Gasteiger charge is -2.31. The third kappa shape index (κ3) is 3.57. The highest BCUT2D eigenvalue weighted by Gasteiger charge is 2.17. The predicted molar refractivity (Wildman–Crippen MR) is 73.0 cm³/mol. The number of aliphatic hydroxyl groups excluding tert-OH is 1. The van der Waals surface area contributed by atoms with Crippen LogP contribution in [-0.4, -0.2) is 34.3 Å². The summed E-state index contributed by atoms with van der Waals surface area (Å²) in [5.41, 5.74) is -0.134. The van der Waals surface area contributed by atoms with Gasteiger partial charge in [0.15, 0.2) is 0 Å². The Morgan fingerprint density at radius 1 is 1.39 bits per heavy atom. The average molecular weight is 253 g/mol. The molecule has 0 spiro atoms. The summed E-state index contributed by atoms with van der Waals surface area (Å²) in [7, 11) is 0. The summed E-state index contributed by atoms with van der Waals surface area (Å²) in [6.45, 7) is 6.73. The number of anilines is 1. The van der Waals surface area contributed by atoms with E-state index in [2.05, 4.69) is 23.8 Å². The molecule has 1 aromatic heterocycles. The van der Waals surface area contributed by atoms with Crippen molar-refractivity contribution >= 4 is 5.82 Å². The van der Waals surface area contributed by atoms with E-state index in [-0.39, 0.29) is 12.2 Å². The van der Waals surface area contributed by atoms with E-state index in [1.807, 2.05) is 11.8 Å². The van der Waals surface area contributed by atoms with Crippen molar-refractivity contribution in [3.63, 3.8) is 0 Å². The average Bonchev–Trinajstić information content (AvgIpc) is 2.38. The molecule has 0 aliphatic rings. The minimum absolute atomic E-state index is 0.0619. The van der Waals surface area contributed by atoms with Crippen LogP contribution in [-0.2, 0) is 6.42 Å². The highest BCUT2D eigenvalue weighted by Crippen LogP contribution is 2.16. The number of nitrogens with zero attached hydrogens (tertiary/aromatic N) is 2. The van der Waals surface area contributed by atoms with Crippen molar-refractivity contribution in [2.24, 2.45) is 0 Å². The van der Waals surface area contributed by atoms with Gasteiger partial charge in [0, 0.05) is 25.1 Å². The minimum atomic E-state index is -0.134. The highest BCUT2D eigenvalue weighted by atomic mass is 16.3. The molecule has 0 atom stereocenters. The van der Waals surface area contributed by atoms with Crippen LogP contribution in [0.25, 0.3) is 0 Å². The van der Waals surface area contributed by atoms with E-state index >= 15 is 0 Å². The summed E-state index contributed by atoms with van der Waals surface area (Å²) < 4.78 is 0. The normalized spacial score (nSPS) is 10.9. The molecule has 5 nitrogen and oxygen atoms in total. The predicted octanol–water partition coefficient (Wildman–Crippen LogP) is 1.32. The second-order valence-electron chi connectivity index (χ2n) is 4.29. The molecule has 1 rings (SSSR count). The first-order chi connectivity index (χ1) is 8.65. The van der Waals surface area contributed by atoms with E-state index in [1.165, 1.54) is 6.07 Å². The van der Waals surface area contributed by atoms with Gasteiger partial charge in [-0.15, -0.1) is 0 Å². The number of aliphatic hydroxyl groups is 1. The quantitative estimate of drug-likeness (QED) is 0.769. The zero-order chi connectivity index (χ0) is 13.5. The van der Waals surface area contributed by atoms with Gasteiger partial charge >= 0.3 is 0 Å². The summed E-state index contributed by atoms with van der Waals surface area (Å²) in [5, 5.41) is 9.18. The zero-order valence-corrected chi connectivity index (χ0v) is 11.4. The third-order valence-electron chi connectivity index (χ3n) is 3.13. The maximum absolute atomic E-state index is 11.6. The first kappa shape index (κ1) is 14.7. The van der Waals surface area contributed by atoms with Crippen molar-refractivity contribution in [3.05, 3.63) is 22.2 Å². The van der Waals surface area contributed by atoms with Crippen LogP contribution >= 0.6 is 0 Å². The van der Waals surface area contributed by atoms with Gasteiger partial charge in [-0.3, -0.25) is 4.79 Å². The van der Waals surface area contributed by atoms with Gasteiger partial charge in [-0.25, -0.2) is 4.98 Å². The number of hydrogen-bond donors (Lipinski definition) is 2. The van der Waals surface area contributed by atoms with Crippen LogP contribution in [0.15, 0.2) is 10.9 Å². The number of nitrogens with one attached hydrogen (secondary N) is 1. The Balaban J connectivity index is 3.11. The summed E-state index contributed by atoms with van der Waals surface area (Å²) >= 11 is 0. The van der Waals surface area contributed by atoms with Gasteiger partial charge in [0.1, 0.15) is 11.6 Å². The molecule has 18 heavy (non-hydrogen) atoms. The molecule has 1 heterocycles. The third-order valence-corrected chi connectivity index (χ3v) is 3.13. The van der Waals surface area contributed by atoms with Crippen LogP contribution in [0, 0.1) is 0 Å². The van der Waals surface area contributed by atoms with Crippen LogP contribution in [0.5, 0.6) is 0 Å². The molecule has 0 bridgehead atoms. The Morgan fingerprint density at radius 2 is 2.06 bits per heavy atom. The number of H-pyrrole nitrogens is 1. The number of hydrogen-bond acceptors (Lipinski definition) is 4. The Morgan fingerprint density at radius 3 is 2.56 bits per heavy atom. The van der Waals surface area contributed by atoms with Gasteiger partial charge in [-0.1, -0.05) is 20.8 Å². The molecule has 5 heteroatoms. The fourth-order valence-corrected chi connectivity index (χ4v) is 2.13. The van der Waals surface area contributed by atoms with Gasteiger partial charge < -0.3 is 15.0 Å². The van der Waals surface area contributed by atoms with Crippen LogP contribution in [0.2, 0.25) is 0 Å².